The Labute approximate surface area is 126 Å². The number of carbonyl (C=O) groups is 2. The van der Waals surface area contributed by atoms with E-state index in [1.54, 1.807) is 20.0 Å². The zero-order valence-corrected chi connectivity index (χ0v) is 12.4. The third-order valence-corrected chi connectivity index (χ3v) is 3.56. The lowest BCUT2D eigenvalue weighted by Gasteiger charge is -2.26. The van der Waals surface area contributed by atoms with E-state index >= 15 is 0 Å². The summed E-state index contributed by atoms with van der Waals surface area (Å²) in [6.07, 6.45) is 0. The van der Waals surface area contributed by atoms with Crippen LogP contribution in [-0.2, 0) is 17.4 Å². The van der Waals surface area contributed by atoms with Crippen LogP contribution in [0, 0.1) is 12.7 Å². The van der Waals surface area contributed by atoms with E-state index in [0.29, 0.717) is 0 Å². The van der Waals surface area contributed by atoms with E-state index in [1.165, 1.54) is 23.7 Å². The molecule has 1 heterocycles. The number of aromatic nitrogens is 2. The maximum absolute atomic E-state index is 13.0. The maximum Gasteiger partial charge on any atom is 0.333 e. The number of nitrogens with one attached hydrogen (secondary N) is 1. The third kappa shape index (κ3) is 2.83. The first-order chi connectivity index (χ1) is 10.2. The Morgan fingerprint density at radius 3 is 2.36 bits per heavy atom. The number of hydrogen-bond acceptors (Lipinski definition) is 3. The first-order valence-electron chi connectivity index (χ1n) is 6.56. The van der Waals surface area contributed by atoms with Crippen molar-refractivity contribution in [1.29, 1.82) is 0 Å². The first kappa shape index (κ1) is 15.7. The molecule has 116 valence electrons. The average Bonchev–Trinajstić information content (AvgIpc) is 2.79. The number of aliphatic carboxylic acids is 1. The number of nitrogens with zero attached hydrogens (tertiary/aromatic N) is 2. The van der Waals surface area contributed by atoms with Gasteiger partial charge in [0.25, 0.3) is 5.91 Å². The molecule has 0 spiro atoms. The van der Waals surface area contributed by atoms with E-state index in [0.717, 1.165) is 17.8 Å². The number of carbonyl (C=O) groups excluding carboxylic acids is 1. The molecule has 2 aromatic rings. The van der Waals surface area contributed by atoms with Gasteiger partial charge in [-0.05, 0) is 37.6 Å². The highest BCUT2D eigenvalue weighted by Crippen LogP contribution is 2.22. The highest BCUT2D eigenvalue weighted by Gasteiger charge is 2.37. The van der Waals surface area contributed by atoms with Crippen LogP contribution in [0.25, 0.3) is 0 Å². The summed E-state index contributed by atoms with van der Waals surface area (Å²) >= 11 is 0. The normalized spacial score (nSPS) is 13.5. The highest BCUT2D eigenvalue weighted by atomic mass is 19.1. The number of carboxylic acids is 1. The molecule has 1 atom stereocenters. The Kier molecular flexibility index (Phi) is 3.99. The van der Waals surface area contributed by atoms with E-state index in [4.69, 9.17) is 0 Å². The van der Waals surface area contributed by atoms with Crippen LogP contribution in [0.1, 0.15) is 28.7 Å². The molecular formula is C15H16FN3O3. The number of rotatable bonds is 4. The summed E-state index contributed by atoms with van der Waals surface area (Å²) in [5, 5.41) is 15.9. The zero-order chi connectivity index (χ0) is 16.5. The molecule has 7 heteroatoms. The second kappa shape index (κ2) is 5.59. The van der Waals surface area contributed by atoms with E-state index in [9.17, 15) is 19.1 Å². The number of aryl methyl sites for hydroxylation is 2. The van der Waals surface area contributed by atoms with Gasteiger partial charge in [-0.1, -0.05) is 12.1 Å². The van der Waals surface area contributed by atoms with Crippen molar-refractivity contribution in [2.45, 2.75) is 19.4 Å². The standard InChI is InChI=1S/C15H16FN3O3/c1-9-8-12(18-19(9)3)13(20)17-15(2,14(21)22)10-4-6-11(16)7-5-10/h4-8H,1-3H3,(H,17,20)(H,21,22). The van der Waals surface area contributed by atoms with Gasteiger partial charge in [-0.15, -0.1) is 0 Å². The topological polar surface area (TPSA) is 84.2 Å². The van der Waals surface area contributed by atoms with Gasteiger partial charge < -0.3 is 10.4 Å². The van der Waals surface area contributed by atoms with Crippen molar-refractivity contribution in [3.8, 4) is 0 Å². The molecule has 1 aromatic heterocycles. The van der Waals surface area contributed by atoms with Crippen molar-refractivity contribution in [1.82, 2.24) is 15.1 Å². The molecule has 0 aliphatic carbocycles. The average molecular weight is 305 g/mol. The summed E-state index contributed by atoms with van der Waals surface area (Å²) in [6, 6.07) is 6.50. The molecule has 2 N–H and O–H groups in total. The molecule has 0 fully saturated rings. The van der Waals surface area contributed by atoms with Gasteiger partial charge in [0.1, 0.15) is 11.5 Å². The third-order valence-electron chi connectivity index (χ3n) is 3.56. The lowest BCUT2D eigenvalue weighted by atomic mass is 9.92. The Bertz CT molecular complexity index is 705. The van der Waals surface area contributed by atoms with Crippen LogP contribution < -0.4 is 5.32 Å². The van der Waals surface area contributed by atoms with Gasteiger partial charge in [0.15, 0.2) is 5.54 Å². The molecular weight excluding hydrogens is 289 g/mol. The summed E-state index contributed by atoms with van der Waals surface area (Å²) < 4.78 is 14.5. The maximum atomic E-state index is 13.0. The molecule has 2 rings (SSSR count). The molecule has 0 bridgehead atoms. The van der Waals surface area contributed by atoms with Crippen LogP contribution >= 0.6 is 0 Å². The van der Waals surface area contributed by atoms with Gasteiger partial charge >= 0.3 is 5.97 Å². The van der Waals surface area contributed by atoms with Crippen molar-refractivity contribution >= 4 is 11.9 Å². The van der Waals surface area contributed by atoms with Crippen LogP contribution in [0.4, 0.5) is 4.39 Å². The number of amides is 1. The second-order valence-electron chi connectivity index (χ2n) is 5.19. The molecule has 0 radical (unpaired) electrons. The van der Waals surface area contributed by atoms with Crippen LogP contribution in [0.3, 0.4) is 0 Å². The predicted molar refractivity (Wildman–Crippen MR) is 76.8 cm³/mol. The molecule has 0 aliphatic heterocycles. The van der Waals surface area contributed by atoms with Gasteiger partial charge in [-0.25, -0.2) is 9.18 Å². The minimum absolute atomic E-state index is 0.120. The first-order valence-corrected chi connectivity index (χ1v) is 6.56. The van der Waals surface area contributed by atoms with Crippen molar-refractivity contribution in [2.24, 2.45) is 7.05 Å². The summed E-state index contributed by atoms with van der Waals surface area (Å²) in [4.78, 5) is 23.9. The van der Waals surface area contributed by atoms with Gasteiger partial charge in [0, 0.05) is 12.7 Å². The van der Waals surface area contributed by atoms with Crippen LogP contribution in [0.2, 0.25) is 0 Å². The van der Waals surface area contributed by atoms with E-state index in [2.05, 4.69) is 10.4 Å². The Morgan fingerprint density at radius 2 is 1.91 bits per heavy atom. The molecule has 1 amide bonds. The minimum atomic E-state index is -1.68. The molecule has 1 unspecified atom stereocenters. The van der Waals surface area contributed by atoms with Crippen molar-refractivity contribution < 1.29 is 19.1 Å². The van der Waals surface area contributed by atoms with Gasteiger partial charge in [-0.3, -0.25) is 9.48 Å². The molecule has 1 aromatic carbocycles. The summed E-state index contributed by atoms with van der Waals surface area (Å²) in [7, 11) is 1.68. The molecule has 0 aliphatic rings. The number of hydrogen-bond donors (Lipinski definition) is 2. The monoisotopic (exact) mass is 305 g/mol. The highest BCUT2D eigenvalue weighted by molar-refractivity contribution is 5.96. The van der Waals surface area contributed by atoms with Gasteiger partial charge in [0.2, 0.25) is 0 Å². The molecule has 0 saturated heterocycles. The molecule has 0 saturated carbocycles. The fourth-order valence-electron chi connectivity index (χ4n) is 2.00. The minimum Gasteiger partial charge on any atom is -0.479 e. The van der Waals surface area contributed by atoms with Gasteiger partial charge in [-0.2, -0.15) is 5.10 Å². The summed E-state index contributed by atoms with van der Waals surface area (Å²) in [5.74, 6) is -2.35. The van der Waals surface area contributed by atoms with E-state index in [1.807, 2.05) is 0 Å². The predicted octanol–water partition coefficient (Wildman–Crippen LogP) is 1.60. The van der Waals surface area contributed by atoms with Crippen LogP contribution in [0.15, 0.2) is 30.3 Å². The lowest BCUT2D eigenvalue weighted by molar-refractivity contribution is -0.144. The Morgan fingerprint density at radius 1 is 1.32 bits per heavy atom. The SMILES string of the molecule is Cc1cc(C(=O)NC(C)(C(=O)O)c2ccc(F)cc2)nn1C. The largest absolute Gasteiger partial charge is 0.479 e. The summed E-state index contributed by atoms with van der Waals surface area (Å²) in [6.45, 7) is 3.12. The van der Waals surface area contributed by atoms with Gasteiger partial charge in [0.05, 0.1) is 0 Å². The fourth-order valence-corrected chi connectivity index (χ4v) is 2.00. The van der Waals surface area contributed by atoms with E-state index in [-0.39, 0.29) is 11.3 Å². The number of benzene rings is 1. The quantitative estimate of drug-likeness (QED) is 0.898. The lowest BCUT2D eigenvalue weighted by Crippen LogP contribution is -2.49. The smallest absolute Gasteiger partial charge is 0.333 e. The van der Waals surface area contributed by atoms with Crippen molar-refractivity contribution in [3.63, 3.8) is 0 Å². The Hall–Kier alpha value is -2.70. The van der Waals surface area contributed by atoms with Crippen molar-refractivity contribution in [2.75, 3.05) is 0 Å². The summed E-state index contributed by atoms with van der Waals surface area (Å²) in [5.41, 5.74) is -0.531. The number of carboxylic acid groups (broad SMARTS) is 1. The fraction of sp³-hybridized carbons (Fsp3) is 0.267. The van der Waals surface area contributed by atoms with Crippen molar-refractivity contribution in [3.05, 3.63) is 53.1 Å². The number of halogens is 1. The Balaban J connectivity index is 2.34. The zero-order valence-electron chi connectivity index (χ0n) is 12.4. The molecule has 22 heavy (non-hydrogen) atoms. The van der Waals surface area contributed by atoms with Crippen LogP contribution in [-0.4, -0.2) is 26.8 Å². The second-order valence-corrected chi connectivity index (χ2v) is 5.19. The van der Waals surface area contributed by atoms with E-state index < -0.39 is 23.2 Å². The molecule has 6 nitrogen and oxygen atoms in total. The van der Waals surface area contributed by atoms with Crippen LogP contribution in [0.5, 0.6) is 0 Å².